The topological polar surface area (TPSA) is 99.2 Å². The number of nitrogens with one attached hydrogen (secondary N) is 1. The van der Waals surface area contributed by atoms with Crippen LogP contribution >= 0.6 is 0 Å². The number of alkyl carbamates (subject to hydrolysis) is 1. The van der Waals surface area contributed by atoms with E-state index in [2.05, 4.69) is 34.5 Å². The molecule has 2 N–H and O–H groups in total. The molecular formula is C32H35N3O5. The summed E-state index contributed by atoms with van der Waals surface area (Å²) in [4.78, 5) is 40.6. The molecule has 1 heterocycles. The molecule has 0 aromatic heterocycles. The molecular weight excluding hydrogens is 506 g/mol. The third-order valence-corrected chi connectivity index (χ3v) is 7.78. The highest BCUT2D eigenvalue weighted by Crippen LogP contribution is 2.44. The fraction of sp³-hybridized carbons (Fsp3) is 0.344. The number of carboxylic acids is 1. The molecule has 5 rings (SSSR count). The van der Waals surface area contributed by atoms with Crippen LogP contribution in [-0.2, 0) is 20.9 Å². The Bertz CT molecular complexity index is 1290. The molecule has 2 amide bonds. The smallest absolute Gasteiger partial charge is 0.407 e. The number of hydrogen-bond donors (Lipinski definition) is 2. The molecule has 0 atom stereocenters. The molecule has 0 unspecified atom stereocenters. The monoisotopic (exact) mass is 541 g/mol. The van der Waals surface area contributed by atoms with Gasteiger partial charge in [0.2, 0.25) is 5.91 Å². The Morgan fingerprint density at radius 1 is 0.875 bits per heavy atom. The number of carbonyl (C=O) groups excluding carboxylic acids is 2. The molecule has 1 aliphatic carbocycles. The van der Waals surface area contributed by atoms with Crippen LogP contribution in [0.15, 0.2) is 78.9 Å². The average Bonchev–Trinajstić information content (AvgIpc) is 3.29. The predicted molar refractivity (Wildman–Crippen MR) is 152 cm³/mol. The van der Waals surface area contributed by atoms with Crippen LogP contribution in [0.3, 0.4) is 0 Å². The van der Waals surface area contributed by atoms with Gasteiger partial charge in [-0.15, -0.1) is 0 Å². The van der Waals surface area contributed by atoms with Crippen molar-refractivity contribution >= 4 is 18.0 Å². The van der Waals surface area contributed by atoms with Crippen LogP contribution in [0.2, 0.25) is 0 Å². The molecule has 40 heavy (non-hydrogen) atoms. The molecule has 1 saturated heterocycles. The lowest BCUT2D eigenvalue weighted by Gasteiger charge is -2.33. The molecule has 3 aromatic rings. The van der Waals surface area contributed by atoms with Gasteiger partial charge in [0.05, 0.1) is 13.0 Å². The van der Waals surface area contributed by atoms with Crippen LogP contribution in [0.4, 0.5) is 4.79 Å². The lowest BCUT2D eigenvalue weighted by atomic mass is 9.98. The summed E-state index contributed by atoms with van der Waals surface area (Å²) in [5.74, 6) is -0.995. The minimum atomic E-state index is -0.925. The lowest BCUT2D eigenvalue weighted by Crippen LogP contribution is -2.48. The normalized spacial score (nSPS) is 15.2. The molecule has 0 radical (unpaired) electrons. The Kier molecular flexibility index (Phi) is 8.76. The standard InChI is InChI=1S/C32H35N3O5/c36-30(35(19-16-31(37)38)20-23-8-2-1-3-9-23)21-34-17-14-24(15-18-34)33-32(39)40-22-29-27-12-6-4-10-25(27)26-11-5-7-13-28(26)29/h1-13,24,29H,14-22H2,(H,33,39)(H,37,38). The molecule has 8 heteroatoms. The molecule has 1 fully saturated rings. The molecule has 208 valence electrons. The number of rotatable bonds is 10. The van der Waals surface area contributed by atoms with Crippen LogP contribution < -0.4 is 5.32 Å². The Morgan fingerprint density at radius 2 is 1.48 bits per heavy atom. The van der Waals surface area contributed by atoms with E-state index >= 15 is 0 Å². The van der Waals surface area contributed by atoms with Gasteiger partial charge in [-0.1, -0.05) is 78.9 Å². The first-order valence-corrected chi connectivity index (χ1v) is 13.9. The number of aliphatic carboxylic acids is 1. The summed E-state index contributed by atoms with van der Waals surface area (Å²) in [6.45, 7) is 2.39. The maximum atomic E-state index is 13.1. The van der Waals surface area contributed by atoms with Crippen molar-refractivity contribution < 1.29 is 24.2 Å². The summed E-state index contributed by atoms with van der Waals surface area (Å²) in [6.07, 6.45) is 0.917. The van der Waals surface area contributed by atoms with E-state index < -0.39 is 12.1 Å². The Labute approximate surface area is 234 Å². The maximum absolute atomic E-state index is 13.1. The number of carbonyl (C=O) groups is 3. The molecule has 2 aliphatic rings. The molecule has 8 nitrogen and oxygen atoms in total. The van der Waals surface area contributed by atoms with E-state index in [1.165, 1.54) is 22.3 Å². The molecule has 3 aromatic carbocycles. The van der Waals surface area contributed by atoms with E-state index in [-0.39, 0.29) is 44.0 Å². The predicted octanol–water partition coefficient (Wildman–Crippen LogP) is 4.49. The minimum absolute atomic E-state index is 0.0190. The zero-order valence-corrected chi connectivity index (χ0v) is 22.5. The number of likely N-dealkylation sites (tertiary alicyclic amines) is 1. The highest BCUT2D eigenvalue weighted by molar-refractivity contribution is 5.80. The van der Waals surface area contributed by atoms with Gasteiger partial charge in [0.1, 0.15) is 6.61 Å². The zero-order chi connectivity index (χ0) is 27.9. The fourth-order valence-electron chi connectivity index (χ4n) is 5.66. The number of benzene rings is 3. The first-order chi connectivity index (χ1) is 19.5. The number of amides is 2. The molecule has 1 aliphatic heterocycles. The summed E-state index contributed by atoms with van der Waals surface area (Å²) < 4.78 is 5.70. The third kappa shape index (κ3) is 6.69. The highest BCUT2D eigenvalue weighted by Gasteiger charge is 2.30. The van der Waals surface area contributed by atoms with Crippen LogP contribution in [0.25, 0.3) is 11.1 Å². The number of piperidine rings is 1. The summed E-state index contributed by atoms with van der Waals surface area (Å²) in [7, 11) is 0. The Hall–Kier alpha value is -4.17. The summed E-state index contributed by atoms with van der Waals surface area (Å²) in [5, 5.41) is 12.1. The van der Waals surface area contributed by atoms with Crippen LogP contribution in [0.5, 0.6) is 0 Å². The van der Waals surface area contributed by atoms with Crippen molar-refractivity contribution in [1.82, 2.24) is 15.1 Å². The highest BCUT2D eigenvalue weighted by atomic mass is 16.5. The van der Waals surface area contributed by atoms with Gasteiger partial charge >= 0.3 is 12.1 Å². The van der Waals surface area contributed by atoms with E-state index in [9.17, 15) is 14.4 Å². The fourth-order valence-corrected chi connectivity index (χ4v) is 5.66. The zero-order valence-electron chi connectivity index (χ0n) is 22.5. The third-order valence-electron chi connectivity index (χ3n) is 7.78. The number of fused-ring (bicyclic) bond motifs is 3. The molecule has 0 saturated carbocycles. The van der Waals surface area contributed by atoms with Crippen LogP contribution in [-0.4, -0.2) is 71.7 Å². The quantitative estimate of drug-likeness (QED) is 0.392. The molecule has 0 spiro atoms. The number of carboxylic acid groups (broad SMARTS) is 1. The second-order valence-electron chi connectivity index (χ2n) is 10.5. The van der Waals surface area contributed by atoms with Crippen molar-refractivity contribution in [3.8, 4) is 11.1 Å². The first kappa shape index (κ1) is 27.4. The number of hydrogen-bond acceptors (Lipinski definition) is 5. The Balaban J connectivity index is 1.09. The van der Waals surface area contributed by atoms with Gasteiger partial charge < -0.3 is 20.1 Å². The minimum Gasteiger partial charge on any atom is -0.481 e. The van der Waals surface area contributed by atoms with Gasteiger partial charge in [0, 0.05) is 38.1 Å². The Morgan fingerprint density at radius 3 is 2.10 bits per heavy atom. The van der Waals surface area contributed by atoms with E-state index in [0.29, 0.717) is 32.5 Å². The van der Waals surface area contributed by atoms with Crippen molar-refractivity contribution in [3.05, 3.63) is 95.6 Å². The van der Waals surface area contributed by atoms with E-state index in [1.54, 1.807) is 4.90 Å². The van der Waals surface area contributed by atoms with E-state index in [4.69, 9.17) is 9.84 Å². The summed E-state index contributed by atoms with van der Waals surface area (Å²) >= 11 is 0. The average molecular weight is 542 g/mol. The van der Waals surface area contributed by atoms with Gasteiger partial charge in [-0.2, -0.15) is 0 Å². The van der Waals surface area contributed by atoms with Gasteiger partial charge in [-0.25, -0.2) is 4.79 Å². The SMILES string of the molecule is O=C(O)CCN(Cc1ccccc1)C(=O)CN1CCC(NC(=O)OCC2c3ccccc3-c3ccccc32)CC1. The van der Waals surface area contributed by atoms with Crippen molar-refractivity contribution in [1.29, 1.82) is 0 Å². The van der Waals surface area contributed by atoms with Crippen LogP contribution in [0, 0.1) is 0 Å². The first-order valence-electron chi connectivity index (χ1n) is 13.9. The van der Waals surface area contributed by atoms with Gasteiger partial charge in [0.15, 0.2) is 0 Å². The van der Waals surface area contributed by atoms with Crippen molar-refractivity contribution in [2.24, 2.45) is 0 Å². The van der Waals surface area contributed by atoms with Crippen LogP contribution in [0.1, 0.15) is 41.9 Å². The summed E-state index contributed by atoms with van der Waals surface area (Å²) in [6, 6.07) is 26.1. The van der Waals surface area contributed by atoms with E-state index in [1.807, 2.05) is 54.6 Å². The largest absolute Gasteiger partial charge is 0.481 e. The molecule has 0 bridgehead atoms. The summed E-state index contributed by atoms with van der Waals surface area (Å²) in [5.41, 5.74) is 5.71. The van der Waals surface area contributed by atoms with Crippen molar-refractivity contribution in [2.75, 3.05) is 32.8 Å². The second kappa shape index (κ2) is 12.8. The maximum Gasteiger partial charge on any atom is 0.407 e. The van der Waals surface area contributed by atoms with E-state index in [0.717, 1.165) is 5.56 Å². The number of ether oxygens (including phenoxy) is 1. The second-order valence-corrected chi connectivity index (χ2v) is 10.5. The van der Waals surface area contributed by atoms with Gasteiger partial charge in [0.25, 0.3) is 0 Å². The van der Waals surface area contributed by atoms with Gasteiger partial charge in [-0.3, -0.25) is 14.5 Å². The number of nitrogens with zero attached hydrogens (tertiary/aromatic N) is 2. The van der Waals surface area contributed by atoms with Crippen molar-refractivity contribution in [2.45, 2.75) is 37.8 Å². The van der Waals surface area contributed by atoms with Crippen molar-refractivity contribution in [3.63, 3.8) is 0 Å². The van der Waals surface area contributed by atoms with Gasteiger partial charge in [-0.05, 0) is 40.7 Å². The lowest BCUT2D eigenvalue weighted by molar-refractivity contribution is -0.139.